The van der Waals surface area contributed by atoms with E-state index in [1.807, 2.05) is 0 Å². The van der Waals surface area contributed by atoms with Crippen LogP contribution in [0.5, 0.6) is 0 Å². The number of hydrogen-bond acceptors (Lipinski definition) is 3. The largest absolute Gasteiger partial charge is 0.352 e. The first-order valence-corrected chi connectivity index (χ1v) is 6.70. The maximum Gasteiger partial charge on any atom is 0.240 e. The van der Waals surface area contributed by atoms with Gasteiger partial charge in [-0.25, -0.2) is 0 Å². The van der Waals surface area contributed by atoms with E-state index in [0.717, 1.165) is 32.2 Å². The summed E-state index contributed by atoms with van der Waals surface area (Å²) >= 11 is 0. The molecule has 0 aromatic heterocycles. The van der Waals surface area contributed by atoms with Crippen LogP contribution in [-0.4, -0.2) is 36.0 Å². The fourth-order valence-corrected chi connectivity index (χ4v) is 3.19. The molecular formula is C13H19N3O. The topological polar surface area (TPSA) is 56.1 Å². The monoisotopic (exact) mass is 233 g/mol. The van der Waals surface area contributed by atoms with Crippen LogP contribution in [0.15, 0.2) is 0 Å². The lowest BCUT2D eigenvalue weighted by Crippen LogP contribution is -2.48. The smallest absolute Gasteiger partial charge is 0.240 e. The fraction of sp³-hybridized carbons (Fsp3) is 0.846. The summed E-state index contributed by atoms with van der Waals surface area (Å²) in [5.41, 5.74) is -0.660. The zero-order valence-corrected chi connectivity index (χ0v) is 10.1. The quantitative estimate of drug-likeness (QED) is 0.775. The summed E-state index contributed by atoms with van der Waals surface area (Å²) in [6, 6.07) is 3.14. The Morgan fingerprint density at radius 3 is 2.88 bits per heavy atom. The van der Waals surface area contributed by atoms with Gasteiger partial charge in [0.1, 0.15) is 5.41 Å². The van der Waals surface area contributed by atoms with E-state index in [9.17, 15) is 4.79 Å². The summed E-state index contributed by atoms with van der Waals surface area (Å²) in [5.74, 6) is -0.0172. The van der Waals surface area contributed by atoms with Gasteiger partial charge in [-0.05, 0) is 45.1 Å². The van der Waals surface area contributed by atoms with Gasteiger partial charge in [-0.15, -0.1) is 0 Å². The van der Waals surface area contributed by atoms with Gasteiger partial charge in [0.2, 0.25) is 5.91 Å². The maximum absolute atomic E-state index is 12.0. The number of carbonyl (C=O) groups excluding carboxylic acids is 1. The van der Waals surface area contributed by atoms with Crippen LogP contribution in [0.3, 0.4) is 0 Å². The second-order valence-corrected chi connectivity index (χ2v) is 5.72. The van der Waals surface area contributed by atoms with Crippen LogP contribution in [0.2, 0.25) is 0 Å². The van der Waals surface area contributed by atoms with E-state index < -0.39 is 5.41 Å². The Morgan fingerprint density at radius 1 is 1.35 bits per heavy atom. The van der Waals surface area contributed by atoms with Gasteiger partial charge in [-0.1, -0.05) is 0 Å². The van der Waals surface area contributed by atoms with Crippen molar-refractivity contribution in [3.63, 3.8) is 0 Å². The van der Waals surface area contributed by atoms with Gasteiger partial charge in [0.15, 0.2) is 0 Å². The molecule has 2 heterocycles. The summed E-state index contributed by atoms with van der Waals surface area (Å²) in [5, 5.41) is 12.1. The van der Waals surface area contributed by atoms with E-state index >= 15 is 0 Å². The molecule has 1 amide bonds. The van der Waals surface area contributed by atoms with Crippen molar-refractivity contribution in [3.8, 4) is 6.07 Å². The molecule has 4 heteroatoms. The third-order valence-corrected chi connectivity index (χ3v) is 4.55. The standard InChI is InChI=1S/C13H19N3O/c14-9-13(4-5-13)12(17)15-10-3-7-16-6-1-2-11(16)8-10/h10-11H,1-8H2,(H,15,17). The number of nitrogens with one attached hydrogen (secondary N) is 1. The van der Waals surface area contributed by atoms with Gasteiger partial charge in [0.05, 0.1) is 6.07 Å². The molecule has 0 radical (unpaired) electrons. The Bertz CT molecular complexity index is 369. The second kappa shape index (κ2) is 3.99. The van der Waals surface area contributed by atoms with Crippen LogP contribution in [0.1, 0.15) is 38.5 Å². The summed E-state index contributed by atoms with van der Waals surface area (Å²) in [7, 11) is 0. The van der Waals surface area contributed by atoms with Crippen molar-refractivity contribution in [3.05, 3.63) is 0 Å². The van der Waals surface area contributed by atoms with Crippen LogP contribution >= 0.6 is 0 Å². The molecule has 17 heavy (non-hydrogen) atoms. The Hall–Kier alpha value is -1.08. The summed E-state index contributed by atoms with van der Waals surface area (Å²) in [6.07, 6.45) is 6.19. The van der Waals surface area contributed by atoms with E-state index in [0.29, 0.717) is 12.1 Å². The van der Waals surface area contributed by atoms with Crippen molar-refractivity contribution in [1.29, 1.82) is 5.26 Å². The van der Waals surface area contributed by atoms with E-state index in [1.54, 1.807) is 0 Å². The predicted molar refractivity (Wildman–Crippen MR) is 63.0 cm³/mol. The van der Waals surface area contributed by atoms with Crippen LogP contribution in [0.25, 0.3) is 0 Å². The highest BCUT2D eigenvalue weighted by molar-refractivity contribution is 5.88. The number of rotatable bonds is 2. The molecule has 0 aromatic carbocycles. The Kier molecular flexibility index (Phi) is 2.59. The molecule has 2 unspecified atom stereocenters. The molecular weight excluding hydrogens is 214 g/mol. The number of fused-ring (bicyclic) bond motifs is 1. The number of hydrogen-bond donors (Lipinski definition) is 1. The lowest BCUT2D eigenvalue weighted by Gasteiger charge is -2.35. The second-order valence-electron chi connectivity index (χ2n) is 5.72. The number of piperidine rings is 1. The summed E-state index contributed by atoms with van der Waals surface area (Å²) in [6.45, 7) is 2.34. The minimum Gasteiger partial charge on any atom is -0.352 e. The first kappa shape index (κ1) is 11.0. The number of carbonyl (C=O) groups is 1. The molecule has 1 N–H and O–H groups in total. The number of amides is 1. The molecule has 3 aliphatic rings. The number of nitrogens with zero attached hydrogens (tertiary/aromatic N) is 2. The summed E-state index contributed by atoms with van der Waals surface area (Å²) in [4.78, 5) is 14.5. The first-order valence-electron chi connectivity index (χ1n) is 6.70. The third-order valence-electron chi connectivity index (χ3n) is 4.55. The molecule has 2 atom stereocenters. The molecule has 2 saturated heterocycles. The zero-order valence-electron chi connectivity index (χ0n) is 10.1. The maximum atomic E-state index is 12.0. The summed E-state index contributed by atoms with van der Waals surface area (Å²) < 4.78 is 0. The molecule has 3 fully saturated rings. The van der Waals surface area contributed by atoms with Gasteiger partial charge >= 0.3 is 0 Å². The third kappa shape index (κ3) is 1.93. The minimum atomic E-state index is -0.660. The number of nitriles is 1. The van der Waals surface area contributed by atoms with Crippen molar-refractivity contribution in [2.75, 3.05) is 13.1 Å². The molecule has 3 rings (SSSR count). The van der Waals surface area contributed by atoms with Gasteiger partial charge < -0.3 is 10.2 Å². The van der Waals surface area contributed by atoms with Crippen molar-refractivity contribution in [2.45, 2.75) is 50.6 Å². The zero-order chi connectivity index (χ0) is 11.9. The first-order chi connectivity index (χ1) is 8.23. The van der Waals surface area contributed by atoms with Gasteiger partial charge in [0.25, 0.3) is 0 Å². The van der Waals surface area contributed by atoms with E-state index in [4.69, 9.17) is 5.26 Å². The molecule has 0 aromatic rings. The lowest BCUT2D eigenvalue weighted by molar-refractivity contribution is -0.125. The van der Waals surface area contributed by atoms with Crippen LogP contribution < -0.4 is 5.32 Å². The molecule has 92 valence electrons. The van der Waals surface area contributed by atoms with Crippen molar-refractivity contribution < 1.29 is 4.79 Å². The van der Waals surface area contributed by atoms with Crippen LogP contribution in [0.4, 0.5) is 0 Å². The molecule has 0 spiro atoms. The van der Waals surface area contributed by atoms with Gasteiger partial charge in [0, 0.05) is 18.6 Å². The van der Waals surface area contributed by atoms with E-state index in [1.165, 1.54) is 19.4 Å². The highest BCUT2D eigenvalue weighted by Crippen LogP contribution is 2.45. The molecule has 1 aliphatic carbocycles. The average Bonchev–Trinajstić information content (AvgIpc) is 3.01. The Labute approximate surface area is 102 Å². The normalized spacial score (nSPS) is 34.8. The van der Waals surface area contributed by atoms with Crippen LogP contribution in [-0.2, 0) is 4.79 Å². The fourth-order valence-electron chi connectivity index (χ4n) is 3.19. The molecule has 4 nitrogen and oxygen atoms in total. The van der Waals surface area contributed by atoms with Crippen molar-refractivity contribution in [2.24, 2.45) is 5.41 Å². The highest BCUT2D eigenvalue weighted by atomic mass is 16.2. The molecule has 1 saturated carbocycles. The predicted octanol–water partition coefficient (Wildman–Crippen LogP) is 1.03. The van der Waals surface area contributed by atoms with Crippen LogP contribution in [0, 0.1) is 16.7 Å². The lowest BCUT2D eigenvalue weighted by atomic mass is 9.96. The van der Waals surface area contributed by atoms with Crippen molar-refractivity contribution >= 4 is 5.91 Å². The van der Waals surface area contributed by atoms with E-state index in [-0.39, 0.29) is 5.91 Å². The highest BCUT2D eigenvalue weighted by Gasteiger charge is 2.51. The van der Waals surface area contributed by atoms with Gasteiger partial charge in [-0.3, -0.25) is 4.79 Å². The van der Waals surface area contributed by atoms with E-state index in [2.05, 4.69) is 16.3 Å². The minimum absolute atomic E-state index is 0.0172. The average molecular weight is 233 g/mol. The SMILES string of the molecule is N#CC1(C(=O)NC2CCN3CCCC3C2)CC1. The Morgan fingerprint density at radius 2 is 2.18 bits per heavy atom. The Balaban J connectivity index is 1.56. The van der Waals surface area contributed by atoms with Crippen molar-refractivity contribution in [1.82, 2.24) is 10.2 Å². The molecule has 2 aliphatic heterocycles. The molecule has 0 bridgehead atoms. The van der Waals surface area contributed by atoms with Gasteiger partial charge in [-0.2, -0.15) is 5.26 Å².